The summed E-state index contributed by atoms with van der Waals surface area (Å²) < 4.78 is 19.8. The van der Waals surface area contributed by atoms with Gasteiger partial charge >= 0.3 is 0 Å². The third kappa shape index (κ3) is 2.76. The molecule has 1 saturated heterocycles. The third-order valence-corrected chi connectivity index (χ3v) is 5.04. The van der Waals surface area contributed by atoms with Gasteiger partial charge in [-0.1, -0.05) is 11.6 Å². The second kappa shape index (κ2) is 5.23. The van der Waals surface area contributed by atoms with Crippen molar-refractivity contribution in [2.75, 3.05) is 11.9 Å². The molecule has 1 saturated carbocycles. The van der Waals surface area contributed by atoms with Crippen LogP contribution in [0.4, 0.5) is 10.1 Å². The van der Waals surface area contributed by atoms with Crippen LogP contribution in [0.1, 0.15) is 32.1 Å². The van der Waals surface area contributed by atoms with E-state index in [1.807, 2.05) is 0 Å². The molecule has 1 aliphatic carbocycles. The Labute approximate surface area is 125 Å². The fourth-order valence-corrected chi connectivity index (χ4v) is 3.88. The maximum Gasteiger partial charge on any atom is 0.125 e. The van der Waals surface area contributed by atoms with Crippen molar-refractivity contribution in [3.63, 3.8) is 0 Å². The van der Waals surface area contributed by atoms with Gasteiger partial charge in [0.15, 0.2) is 0 Å². The number of benzene rings is 1. The Hall–Kier alpha value is -0.320. The highest BCUT2D eigenvalue weighted by molar-refractivity contribution is 9.10. The number of hydrogen-bond acceptors (Lipinski definition) is 2. The molecule has 104 valence electrons. The van der Waals surface area contributed by atoms with Gasteiger partial charge in [0.2, 0.25) is 0 Å². The Morgan fingerprint density at radius 1 is 1.42 bits per heavy atom. The topological polar surface area (TPSA) is 21.3 Å². The van der Waals surface area contributed by atoms with Crippen molar-refractivity contribution in [3.8, 4) is 0 Å². The van der Waals surface area contributed by atoms with Crippen LogP contribution in [0.25, 0.3) is 0 Å². The van der Waals surface area contributed by atoms with E-state index in [0.29, 0.717) is 15.5 Å². The van der Waals surface area contributed by atoms with Gasteiger partial charge < -0.3 is 10.1 Å². The SMILES string of the molecule is Fc1cc(Cl)c(NC2CCOC3(CCC3)C2)c(Br)c1. The van der Waals surface area contributed by atoms with E-state index >= 15 is 0 Å². The standard InChI is InChI=1S/C14H16BrClFNO/c15-11-6-9(17)7-12(16)13(11)18-10-2-5-19-14(8-10)3-1-4-14/h6-7,10,18H,1-5,8H2. The van der Waals surface area contributed by atoms with E-state index in [-0.39, 0.29) is 11.4 Å². The van der Waals surface area contributed by atoms with E-state index in [9.17, 15) is 4.39 Å². The first-order valence-corrected chi connectivity index (χ1v) is 7.80. The van der Waals surface area contributed by atoms with Crippen LogP contribution >= 0.6 is 27.5 Å². The summed E-state index contributed by atoms with van der Waals surface area (Å²) in [5.41, 5.74) is 0.874. The molecular formula is C14H16BrClFNO. The van der Waals surface area contributed by atoms with Crippen molar-refractivity contribution in [2.45, 2.75) is 43.7 Å². The Morgan fingerprint density at radius 3 is 2.84 bits per heavy atom. The molecule has 19 heavy (non-hydrogen) atoms. The zero-order valence-electron chi connectivity index (χ0n) is 10.5. The first-order chi connectivity index (χ1) is 9.08. The van der Waals surface area contributed by atoms with Crippen LogP contribution in [-0.4, -0.2) is 18.2 Å². The fraction of sp³-hybridized carbons (Fsp3) is 0.571. The normalized spacial score (nSPS) is 25.1. The first kappa shape index (κ1) is 13.7. The predicted octanol–water partition coefficient (Wildman–Crippen LogP) is 4.76. The lowest BCUT2D eigenvalue weighted by atomic mass is 9.74. The molecule has 1 heterocycles. The molecule has 1 unspecified atom stereocenters. The molecule has 2 nitrogen and oxygen atoms in total. The Bertz CT molecular complexity index is 469. The molecule has 1 spiro atoms. The molecule has 0 amide bonds. The van der Waals surface area contributed by atoms with Gasteiger partial charge in [0.25, 0.3) is 0 Å². The molecule has 1 aliphatic heterocycles. The summed E-state index contributed by atoms with van der Waals surface area (Å²) in [5.74, 6) is -0.329. The summed E-state index contributed by atoms with van der Waals surface area (Å²) in [7, 11) is 0. The van der Waals surface area contributed by atoms with Crippen molar-refractivity contribution < 1.29 is 9.13 Å². The number of halogens is 3. The number of anilines is 1. The molecule has 2 aliphatic rings. The summed E-state index contributed by atoms with van der Waals surface area (Å²) in [6.45, 7) is 0.786. The Balaban J connectivity index is 1.74. The minimum Gasteiger partial charge on any atom is -0.380 e. The second-order valence-electron chi connectivity index (χ2n) is 5.46. The van der Waals surface area contributed by atoms with Crippen LogP contribution in [0, 0.1) is 5.82 Å². The summed E-state index contributed by atoms with van der Waals surface area (Å²) in [5, 5.41) is 3.86. The number of hydrogen-bond donors (Lipinski definition) is 1. The largest absolute Gasteiger partial charge is 0.380 e. The summed E-state index contributed by atoms with van der Waals surface area (Å²) in [6, 6.07) is 3.12. The molecule has 1 aromatic carbocycles. The molecule has 1 aromatic rings. The molecule has 0 radical (unpaired) electrons. The van der Waals surface area contributed by atoms with Crippen molar-refractivity contribution >= 4 is 33.2 Å². The van der Waals surface area contributed by atoms with Gasteiger partial charge in [-0.15, -0.1) is 0 Å². The molecular weight excluding hydrogens is 333 g/mol. The number of rotatable bonds is 2. The molecule has 0 bridgehead atoms. The van der Waals surface area contributed by atoms with Gasteiger partial charge in [-0.05, 0) is 60.2 Å². The molecule has 3 rings (SSSR count). The minimum absolute atomic E-state index is 0.0922. The van der Waals surface area contributed by atoms with Crippen LogP contribution in [0.5, 0.6) is 0 Å². The van der Waals surface area contributed by atoms with Gasteiger partial charge in [-0.2, -0.15) is 0 Å². The van der Waals surface area contributed by atoms with Crippen LogP contribution in [-0.2, 0) is 4.74 Å². The van der Waals surface area contributed by atoms with Gasteiger partial charge in [-0.25, -0.2) is 4.39 Å². The lowest BCUT2D eigenvalue weighted by Crippen LogP contribution is -2.49. The van der Waals surface area contributed by atoms with Crippen molar-refractivity contribution in [1.29, 1.82) is 0 Å². The lowest BCUT2D eigenvalue weighted by molar-refractivity contribution is -0.130. The van der Waals surface area contributed by atoms with Crippen LogP contribution in [0.2, 0.25) is 5.02 Å². The Morgan fingerprint density at radius 2 is 2.21 bits per heavy atom. The number of ether oxygens (including phenoxy) is 1. The predicted molar refractivity (Wildman–Crippen MR) is 78.3 cm³/mol. The number of nitrogens with one attached hydrogen (secondary N) is 1. The van der Waals surface area contributed by atoms with Crippen molar-refractivity contribution in [1.82, 2.24) is 0 Å². The molecule has 1 atom stereocenters. The maximum absolute atomic E-state index is 13.2. The quantitative estimate of drug-likeness (QED) is 0.832. The molecule has 2 fully saturated rings. The zero-order chi connectivity index (χ0) is 13.5. The van der Waals surface area contributed by atoms with Gasteiger partial charge in [-0.3, -0.25) is 0 Å². The highest BCUT2D eigenvalue weighted by Crippen LogP contribution is 2.43. The maximum atomic E-state index is 13.2. The smallest absolute Gasteiger partial charge is 0.125 e. The lowest BCUT2D eigenvalue weighted by Gasteiger charge is -2.47. The summed E-state index contributed by atoms with van der Waals surface area (Å²) in [4.78, 5) is 0. The van der Waals surface area contributed by atoms with Crippen molar-refractivity contribution in [3.05, 3.63) is 27.4 Å². The molecule has 5 heteroatoms. The monoisotopic (exact) mass is 347 g/mol. The highest BCUT2D eigenvalue weighted by atomic mass is 79.9. The minimum atomic E-state index is -0.329. The fourth-order valence-electron chi connectivity index (χ4n) is 2.95. The van der Waals surface area contributed by atoms with E-state index < -0.39 is 0 Å². The highest BCUT2D eigenvalue weighted by Gasteiger charge is 2.42. The molecule has 0 aromatic heterocycles. The average Bonchev–Trinajstić information content (AvgIpc) is 2.32. The van der Waals surface area contributed by atoms with Gasteiger partial charge in [0.05, 0.1) is 16.3 Å². The van der Waals surface area contributed by atoms with E-state index in [4.69, 9.17) is 16.3 Å². The first-order valence-electron chi connectivity index (χ1n) is 6.63. The second-order valence-corrected chi connectivity index (χ2v) is 6.73. The average molecular weight is 349 g/mol. The third-order valence-electron chi connectivity index (χ3n) is 4.11. The zero-order valence-corrected chi connectivity index (χ0v) is 12.9. The van der Waals surface area contributed by atoms with E-state index in [1.165, 1.54) is 18.6 Å². The van der Waals surface area contributed by atoms with Crippen LogP contribution in [0.3, 0.4) is 0 Å². The Kier molecular flexibility index (Phi) is 3.76. The summed E-state index contributed by atoms with van der Waals surface area (Å²) in [6.07, 6.45) is 5.54. The van der Waals surface area contributed by atoms with Gasteiger partial charge in [0.1, 0.15) is 5.82 Å². The van der Waals surface area contributed by atoms with E-state index in [2.05, 4.69) is 21.2 Å². The van der Waals surface area contributed by atoms with Crippen LogP contribution in [0.15, 0.2) is 16.6 Å². The molecule has 1 N–H and O–H groups in total. The summed E-state index contributed by atoms with van der Waals surface area (Å²) >= 11 is 9.48. The van der Waals surface area contributed by atoms with Crippen LogP contribution < -0.4 is 5.32 Å². The van der Waals surface area contributed by atoms with E-state index in [0.717, 1.165) is 38.0 Å². The van der Waals surface area contributed by atoms with E-state index in [1.54, 1.807) is 0 Å². The van der Waals surface area contributed by atoms with Crippen molar-refractivity contribution in [2.24, 2.45) is 0 Å². The van der Waals surface area contributed by atoms with Gasteiger partial charge in [0, 0.05) is 17.1 Å².